The highest BCUT2D eigenvalue weighted by atomic mass is 16.5. The lowest BCUT2D eigenvalue weighted by atomic mass is 10.3. The summed E-state index contributed by atoms with van der Waals surface area (Å²) in [7, 11) is 3.19. The number of aromatic amines is 1. The van der Waals surface area contributed by atoms with E-state index in [1.54, 1.807) is 26.4 Å². The van der Waals surface area contributed by atoms with Crippen LogP contribution in [0, 0.1) is 0 Å². The van der Waals surface area contributed by atoms with Gasteiger partial charge in [0.15, 0.2) is 0 Å². The Hall–Kier alpha value is -2.01. The number of ether oxygens (including phenoxy) is 2. The molecule has 2 aromatic rings. The van der Waals surface area contributed by atoms with Crippen molar-refractivity contribution in [2.45, 2.75) is 6.61 Å². The fourth-order valence-corrected chi connectivity index (χ4v) is 1.60. The number of aromatic nitrogens is 2. The predicted octanol–water partition coefficient (Wildman–Crippen LogP) is 1.32. The first-order valence-electron chi connectivity index (χ1n) is 5.19. The van der Waals surface area contributed by atoms with Crippen LogP contribution in [0.5, 0.6) is 5.75 Å². The number of nitrogens with zero attached hydrogens (tertiary/aromatic N) is 1. The maximum absolute atomic E-state index is 11.7. The molecule has 2 rings (SSSR count). The fourth-order valence-electron chi connectivity index (χ4n) is 1.60. The molecule has 0 unspecified atom stereocenters. The zero-order valence-corrected chi connectivity index (χ0v) is 9.77. The highest BCUT2D eigenvalue weighted by Gasteiger charge is 2.04. The highest BCUT2D eigenvalue weighted by molar-refractivity contribution is 5.36. The van der Waals surface area contributed by atoms with Crippen LogP contribution in [-0.2, 0) is 11.3 Å². The van der Waals surface area contributed by atoms with Crippen molar-refractivity contribution in [1.82, 2.24) is 9.78 Å². The monoisotopic (exact) mass is 234 g/mol. The van der Waals surface area contributed by atoms with Crippen LogP contribution in [0.15, 0.2) is 35.1 Å². The van der Waals surface area contributed by atoms with E-state index in [1.165, 1.54) is 10.7 Å². The van der Waals surface area contributed by atoms with Crippen LogP contribution < -0.4 is 10.3 Å². The van der Waals surface area contributed by atoms with Crippen molar-refractivity contribution < 1.29 is 9.47 Å². The molecule has 1 aromatic carbocycles. The van der Waals surface area contributed by atoms with Gasteiger partial charge in [0.25, 0.3) is 5.56 Å². The van der Waals surface area contributed by atoms with Gasteiger partial charge < -0.3 is 9.47 Å². The molecule has 0 radical (unpaired) electrons. The van der Waals surface area contributed by atoms with E-state index >= 15 is 0 Å². The van der Waals surface area contributed by atoms with E-state index < -0.39 is 0 Å². The number of nitrogens with one attached hydrogen (secondary N) is 1. The molecule has 1 N–H and O–H groups in total. The molecule has 0 aliphatic carbocycles. The van der Waals surface area contributed by atoms with Crippen molar-refractivity contribution in [2.75, 3.05) is 14.2 Å². The van der Waals surface area contributed by atoms with Gasteiger partial charge in [-0.05, 0) is 24.3 Å². The number of rotatable bonds is 4. The summed E-state index contributed by atoms with van der Waals surface area (Å²) >= 11 is 0. The Morgan fingerprint density at radius 3 is 2.53 bits per heavy atom. The molecule has 0 saturated heterocycles. The first-order valence-corrected chi connectivity index (χ1v) is 5.19. The SMILES string of the molecule is COCc1cc(=O)n(-c2ccc(OC)cc2)[nH]1. The predicted molar refractivity (Wildman–Crippen MR) is 63.7 cm³/mol. The summed E-state index contributed by atoms with van der Waals surface area (Å²) in [6, 6.07) is 8.76. The van der Waals surface area contributed by atoms with E-state index in [0.29, 0.717) is 6.61 Å². The zero-order chi connectivity index (χ0) is 12.3. The summed E-state index contributed by atoms with van der Waals surface area (Å²) < 4.78 is 11.5. The van der Waals surface area contributed by atoms with Gasteiger partial charge >= 0.3 is 0 Å². The fraction of sp³-hybridized carbons (Fsp3) is 0.250. The van der Waals surface area contributed by atoms with Gasteiger partial charge in [-0.1, -0.05) is 0 Å². The van der Waals surface area contributed by atoms with Gasteiger partial charge in [0.05, 0.1) is 25.1 Å². The number of methoxy groups -OCH3 is 2. The Kier molecular flexibility index (Phi) is 3.30. The van der Waals surface area contributed by atoms with E-state index in [-0.39, 0.29) is 5.56 Å². The van der Waals surface area contributed by atoms with Crippen LogP contribution in [-0.4, -0.2) is 24.0 Å². The van der Waals surface area contributed by atoms with Crippen molar-refractivity contribution >= 4 is 0 Å². The van der Waals surface area contributed by atoms with Gasteiger partial charge in [-0.15, -0.1) is 0 Å². The number of hydrogen-bond donors (Lipinski definition) is 1. The van der Waals surface area contributed by atoms with Gasteiger partial charge in [0, 0.05) is 13.2 Å². The summed E-state index contributed by atoms with van der Waals surface area (Å²) in [6.07, 6.45) is 0. The van der Waals surface area contributed by atoms with E-state index in [4.69, 9.17) is 9.47 Å². The van der Waals surface area contributed by atoms with Crippen LogP contribution in [0.25, 0.3) is 5.69 Å². The highest BCUT2D eigenvalue weighted by Crippen LogP contribution is 2.13. The average molecular weight is 234 g/mol. The Balaban J connectivity index is 2.35. The molecule has 0 fully saturated rings. The molecule has 0 atom stereocenters. The Morgan fingerprint density at radius 1 is 1.24 bits per heavy atom. The number of benzene rings is 1. The molecule has 0 aliphatic heterocycles. The van der Waals surface area contributed by atoms with E-state index in [2.05, 4.69) is 5.10 Å². The lowest BCUT2D eigenvalue weighted by Gasteiger charge is -2.03. The molecule has 1 heterocycles. The molecular weight excluding hydrogens is 220 g/mol. The summed E-state index contributed by atoms with van der Waals surface area (Å²) in [5.74, 6) is 0.755. The molecule has 5 heteroatoms. The molecule has 0 aliphatic rings. The summed E-state index contributed by atoms with van der Waals surface area (Å²) in [5.41, 5.74) is 1.40. The van der Waals surface area contributed by atoms with E-state index in [9.17, 15) is 4.79 Å². The summed E-state index contributed by atoms with van der Waals surface area (Å²) in [5, 5.41) is 2.97. The molecule has 0 spiro atoms. The normalized spacial score (nSPS) is 10.5. The molecule has 5 nitrogen and oxygen atoms in total. The smallest absolute Gasteiger partial charge is 0.271 e. The Labute approximate surface area is 98.6 Å². The molecule has 90 valence electrons. The third-order valence-electron chi connectivity index (χ3n) is 2.40. The zero-order valence-electron chi connectivity index (χ0n) is 9.77. The molecule has 0 saturated carbocycles. The number of H-pyrrole nitrogens is 1. The van der Waals surface area contributed by atoms with Crippen molar-refractivity contribution in [3.05, 3.63) is 46.4 Å². The van der Waals surface area contributed by atoms with Gasteiger partial charge in [-0.25, -0.2) is 4.68 Å². The average Bonchev–Trinajstić information content (AvgIpc) is 2.71. The van der Waals surface area contributed by atoms with Gasteiger partial charge in [0.1, 0.15) is 5.75 Å². The van der Waals surface area contributed by atoms with Crippen LogP contribution in [0.3, 0.4) is 0 Å². The van der Waals surface area contributed by atoms with Gasteiger partial charge in [-0.3, -0.25) is 9.89 Å². The topological polar surface area (TPSA) is 56.2 Å². The second-order valence-corrected chi connectivity index (χ2v) is 3.59. The minimum Gasteiger partial charge on any atom is -0.497 e. The first kappa shape index (κ1) is 11.5. The molecular formula is C12H14N2O3. The molecule has 0 bridgehead atoms. The standard InChI is InChI=1S/C12H14N2O3/c1-16-8-9-7-12(15)14(13-9)10-3-5-11(17-2)6-4-10/h3-7,13H,8H2,1-2H3. The third kappa shape index (κ3) is 2.39. The lowest BCUT2D eigenvalue weighted by Crippen LogP contribution is -2.13. The van der Waals surface area contributed by atoms with Crippen LogP contribution in [0.1, 0.15) is 5.69 Å². The Morgan fingerprint density at radius 2 is 1.94 bits per heavy atom. The van der Waals surface area contributed by atoms with Crippen LogP contribution in [0.2, 0.25) is 0 Å². The quantitative estimate of drug-likeness (QED) is 0.868. The van der Waals surface area contributed by atoms with E-state index in [1.807, 2.05) is 12.1 Å². The van der Waals surface area contributed by atoms with Gasteiger partial charge in [-0.2, -0.15) is 0 Å². The second kappa shape index (κ2) is 4.88. The maximum Gasteiger partial charge on any atom is 0.271 e. The van der Waals surface area contributed by atoms with Crippen molar-refractivity contribution in [2.24, 2.45) is 0 Å². The van der Waals surface area contributed by atoms with Crippen LogP contribution in [0.4, 0.5) is 0 Å². The maximum atomic E-state index is 11.7. The Bertz CT molecular complexity index is 540. The van der Waals surface area contributed by atoms with Crippen molar-refractivity contribution in [3.8, 4) is 11.4 Å². The summed E-state index contributed by atoms with van der Waals surface area (Å²) in [4.78, 5) is 11.7. The van der Waals surface area contributed by atoms with Crippen molar-refractivity contribution in [3.63, 3.8) is 0 Å². The minimum absolute atomic E-state index is 0.109. The minimum atomic E-state index is -0.109. The molecule has 0 amide bonds. The third-order valence-corrected chi connectivity index (χ3v) is 2.40. The number of hydrogen-bond acceptors (Lipinski definition) is 3. The van der Waals surface area contributed by atoms with Crippen molar-refractivity contribution in [1.29, 1.82) is 0 Å². The van der Waals surface area contributed by atoms with Crippen LogP contribution >= 0.6 is 0 Å². The van der Waals surface area contributed by atoms with Gasteiger partial charge in [0.2, 0.25) is 0 Å². The lowest BCUT2D eigenvalue weighted by molar-refractivity contribution is 0.181. The van der Waals surface area contributed by atoms with E-state index in [0.717, 1.165) is 17.1 Å². The largest absolute Gasteiger partial charge is 0.497 e. The first-order chi connectivity index (χ1) is 8.24. The molecule has 1 aromatic heterocycles. The summed E-state index contributed by atoms with van der Waals surface area (Å²) in [6.45, 7) is 0.387. The second-order valence-electron chi connectivity index (χ2n) is 3.59. The molecule has 17 heavy (non-hydrogen) atoms.